The van der Waals surface area contributed by atoms with Crippen molar-refractivity contribution in [1.82, 2.24) is 0 Å². The molecule has 0 aliphatic rings. The highest BCUT2D eigenvalue weighted by Gasteiger charge is 2.03. The highest BCUT2D eigenvalue weighted by atomic mass is 16.5. The van der Waals surface area contributed by atoms with Crippen molar-refractivity contribution in [2.75, 3.05) is 11.9 Å². The van der Waals surface area contributed by atoms with E-state index < -0.39 is 12.2 Å². The Bertz CT molecular complexity index is 319. The minimum absolute atomic E-state index is 0.345. The number of carbonyl (C=O) groups excluding carboxylic acids is 1. The molecule has 0 saturated heterocycles. The van der Waals surface area contributed by atoms with Crippen LogP contribution in [0.2, 0.25) is 0 Å². The number of nitrogens with one attached hydrogen (secondary N) is 1. The van der Waals surface area contributed by atoms with E-state index in [4.69, 9.17) is 4.74 Å². The lowest BCUT2D eigenvalue weighted by atomic mass is 10.1. The monoisotopic (exact) mass is 209 g/mol. The number of amides is 1. The minimum Gasteiger partial charge on any atom is -0.450 e. The number of hydrogen-bond donors (Lipinski definition) is 2. The molecule has 82 valence electrons. The number of aliphatic hydroxyl groups is 1. The van der Waals surface area contributed by atoms with Crippen LogP contribution in [0.3, 0.4) is 0 Å². The van der Waals surface area contributed by atoms with Crippen molar-refractivity contribution < 1.29 is 14.6 Å². The fourth-order valence-electron chi connectivity index (χ4n) is 1.13. The van der Waals surface area contributed by atoms with E-state index in [0.29, 0.717) is 12.3 Å². The lowest BCUT2D eigenvalue weighted by Gasteiger charge is -2.07. The Morgan fingerprint density at radius 3 is 2.53 bits per heavy atom. The number of benzene rings is 1. The van der Waals surface area contributed by atoms with E-state index in [1.165, 1.54) is 0 Å². The summed E-state index contributed by atoms with van der Waals surface area (Å²) in [4.78, 5) is 11.0. The van der Waals surface area contributed by atoms with Crippen molar-refractivity contribution in [3.05, 3.63) is 29.8 Å². The Morgan fingerprint density at radius 1 is 1.47 bits per heavy atom. The van der Waals surface area contributed by atoms with Crippen LogP contribution < -0.4 is 5.32 Å². The van der Waals surface area contributed by atoms with Gasteiger partial charge in [0.15, 0.2) is 0 Å². The van der Waals surface area contributed by atoms with Crippen LogP contribution in [0.4, 0.5) is 10.5 Å². The Morgan fingerprint density at radius 2 is 2.07 bits per heavy atom. The van der Waals surface area contributed by atoms with Gasteiger partial charge in [0.05, 0.1) is 12.7 Å². The molecule has 2 N–H and O–H groups in total. The summed E-state index contributed by atoms with van der Waals surface area (Å²) in [5.41, 5.74) is 1.46. The number of carbonyl (C=O) groups is 1. The Kier molecular flexibility index (Phi) is 4.12. The zero-order valence-corrected chi connectivity index (χ0v) is 8.86. The first-order chi connectivity index (χ1) is 7.13. The maximum atomic E-state index is 11.0. The molecule has 0 aliphatic heterocycles. The summed E-state index contributed by atoms with van der Waals surface area (Å²) < 4.78 is 4.72. The van der Waals surface area contributed by atoms with Gasteiger partial charge in [-0.15, -0.1) is 0 Å². The molecule has 1 aromatic carbocycles. The van der Waals surface area contributed by atoms with Gasteiger partial charge in [-0.2, -0.15) is 0 Å². The standard InChI is InChI=1S/C11H15NO3/c1-3-15-11(14)12-10-6-4-9(5-7-10)8(2)13/h4-8,13H,3H2,1-2H3,(H,12,14). The van der Waals surface area contributed by atoms with Gasteiger partial charge in [-0.1, -0.05) is 12.1 Å². The van der Waals surface area contributed by atoms with Crippen molar-refractivity contribution in [3.8, 4) is 0 Å². The lowest BCUT2D eigenvalue weighted by molar-refractivity contribution is 0.168. The third-order valence-corrected chi connectivity index (χ3v) is 1.91. The van der Waals surface area contributed by atoms with Gasteiger partial charge in [0.25, 0.3) is 0 Å². The summed E-state index contributed by atoms with van der Waals surface area (Å²) in [5.74, 6) is 0. The van der Waals surface area contributed by atoms with E-state index in [-0.39, 0.29) is 0 Å². The van der Waals surface area contributed by atoms with E-state index in [2.05, 4.69) is 5.32 Å². The maximum Gasteiger partial charge on any atom is 0.411 e. The molecule has 0 aliphatic carbocycles. The third-order valence-electron chi connectivity index (χ3n) is 1.91. The topological polar surface area (TPSA) is 58.6 Å². The van der Waals surface area contributed by atoms with Gasteiger partial charge in [0.2, 0.25) is 0 Å². The number of anilines is 1. The van der Waals surface area contributed by atoms with E-state index in [0.717, 1.165) is 5.56 Å². The smallest absolute Gasteiger partial charge is 0.411 e. The number of ether oxygens (including phenoxy) is 1. The van der Waals surface area contributed by atoms with E-state index in [1.54, 1.807) is 38.1 Å². The van der Waals surface area contributed by atoms with Crippen LogP contribution in [0.1, 0.15) is 25.5 Å². The molecule has 4 nitrogen and oxygen atoms in total. The van der Waals surface area contributed by atoms with Crippen LogP contribution in [0.15, 0.2) is 24.3 Å². The fraction of sp³-hybridized carbons (Fsp3) is 0.364. The molecule has 1 rings (SSSR count). The van der Waals surface area contributed by atoms with Crippen LogP contribution in [0.25, 0.3) is 0 Å². The average Bonchev–Trinajstić information content (AvgIpc) is 2.18. The van der Waals surface area contributed by atoms with Gasteiger partial charge in [0, 0.05) is 5.69 Å². The average molecular weight is 209 g/mol. The molecule has 1 atom stereocenters. The molecule has 0 radical (unpaired) electrons. The van der Waals surface area contributed by atoms with Crippen LogP contribution in [-0.2, 0) is 4.74 Å². The first-order valence-corrected chi connectivity index (χ1v) is 4.85. The highest BCUT2D eigenvalue weighted by molar-refractivity contribution is 5.84. The van der Waals surface area contributed by atoms with Gasteiger partial charge in [-0.05, 0) is 31.5 Å². The van der Waals surface area contributed by atoms with Crippen molar-refractivity contribution in [2.45, 2.75) is 20.0 Å². The van der Waals surface area contributed by atoms with Crippen molar-refractivity contribution in [1.29, 1.82) is 0 Å². The Balaban J connectivity index is 2.60. The van der Waals surface area contributed by atoms with Gasteiger partial charge in [0.1, 0.15) is 0 Å². The van der Waals surface area contributed by atoms with Crippen LogP contribution in [-0.4, -0.2) is 17.8 Å². The zero-order valence-electron chi connectivity index (χ0n) is 8.86. The Hall–Kier alpha value is -1.55. The molecular weight excluding hydrogens is 194 g/mol. The normalized spacial score (nSPS) is 11.9. The summed E-state index contributed by atoms with van der Waals surface area (Å²) in [6.07, 6.45) is -0.969. The summed E-state index contributed by atoms with van der Waals surface area (Å²) in [5, 5.41) is 11.8. The molecule has 1 unspecified atom stereocenters. The van der Waals surface area contributed by atoms with E-state index >= 15 is 0 Å². The summed E-state index contributed by atoms with van der Waals surface area (Å²) in [6.45, 7) is 3.78. The highest BCUT2D eigenvalue weighted by Crippen LogP contribution is 2.15. The molecule has 0 heterocycles. The van der Waals surface area contributed by atoms with Crippen LogP contribution >= 0.6 is 0 Å². The van der Waals surface area contributed by atoms with Gasteiger partial charge in [-0.3, -0.25) is 5.32 Å². The first-order valence-electron chi connectivity index (χ1n) is 4.85. The van der Waals surface area contributed by atoms with Gasteiger partial charge in [-0.25, -0.2) is 4.79 Å². The first kappa shape index (κ1) is 11.5. The second-order valence-corrected chi connectivity index (χ2v) is 3.14. The molecule has 0 bridgehead atoms. The molecule has 1 aromatic rings. The third kappa shape index (κ3) is 3.59. The Labute approximate surface area is 88.9 Å². The molecule has 0 aromatic heterocycles. The number of rotatable bonds is 3. The van der Waals surface area contributed by atoms with Crippen LogP contribution in [0.5, 0.6) is 0 Å². The molecule has 1 amide bonds. The summed E-state index contributed by atoms with van der Waals surface area (Å²) in [7, 11) is 0. The van der Waals surface area contributed by atoms with Gasteiger partial charge >= 0.3 is 6.09 Å². The van der Waals surface area contributed by atoms with Gasteiger partial charge < -0.3 is 9.84 Å². The second-order valence-electron chi connectivity index (χ2n) is 3.14. The fourth-order valence-corrected chi connectivity index (χ4v) is 1.13. The molecule has 15 heavy (non-hydrogen) atoms. The zero-order chi connectivity index (χ0) is 11.3. The summed E-state index contributed by atoms with van der Waals surface area (Å²) >= 11 is 0. The number of hydrogen-bond acceptors (Lipinski definition) is 3. The number of aliphatic hydroxyl groups excluding tert-OH is 1. The molecule has 4 heteroatoms. The second kappa shape index (κ2) is 5.36. The largest absolute Gasteiger partial charge is 0.450 e. The predicted octanol–water partition coefficient (Wildman–Crippen LogP) is 2.31. The quantitative estimate of drug-likeness (QED) is 0.803. The van der Waals surface area contributed by atoms with E-state index in [9.17, 15) is 9.90 Å². The maximum absolute atomic E-state index is 11.0. The van der Waals surface area contributed by atoms with E-state index in [1.807, 2.05) is 0 Å². The van der Waals surface area contributed by atoms with Crippen molar-refractivity contribution >= 4 is 11.8 Å². The SMILES string of the molecule is CCOC(=O)Nc1ccc(C(C)O)cc1. The van der Waals surface area contributed by atoms with Crippen molar-refractivity contribution in [2.24, 2.45) is 0 Å². The van der Waals surface area contributed by atoms with Crippen LogP contribution in [0, 0.1) is 0 Å². The molecule has 0 spiro atoms. The minimum atomic E-state index is -0.498. The summed E-state index contributed by atoms with van der Waals surface area (Å²) in [6, 6.07) is 6.95. The predicted molar refractivity (Wildman–Crippen MR) is 57.7 cm³/mol. The lowest BCUT2D eigenvalue weighted by Crippen LogP contribution is -2.13. The molecular formula is C11H15NO3. The molecule has 0 fully saturated rings. The molecule has 0 saturated carbocycles. The van der Waals surface area contributed by atoms with Crippen molar-refractivity contribution in [3.63, 3.8) is 0 Å².